The van der Waals surface area contributed by atoms with Crippen LogP contribution in [-0.4, -0.2) is 60.9 Å². The lowest BCUT2D eigenvalue weighted by atomic mass is 10.0. The van der Waals surface area contributed by atoms with E-state index in [1.165, 1.54) is 38.5 Å². The monoisotopic (exact) mass is 486 g/mol. The third-order valence-corrected chi connectivity index (χ3v) is 7.57. The summed E-state index contributed by atoms with van der Waals surface area (Å²) in [5.74, 6) is 0.141. The van der Waals surface area contributed by atoms with Gasteiger partial charge in [-0.3, -0.25) is 9.59 Å². The number of benzene rings is 3. The standard InChI is InChI=1S/C30H38N4O2/c35-29(11-17-33-13-3-1-4-14-33)31-27-9-7-23-20-26-22-28(10-8-24(26)19-25(23)21-27)32-30(36)12-18-34-15-5-2-6-16-34/h7-10,19-22H,1-6,11-18H2,(H,31,35)(H,32,36). The lowest BCUT2D eigenvalue weighted by Gasteiger charge is -2.25. The number of carbonyl (C=O) groups excluding carboxylic acids is 2. The zero-order valence-corrected chi connectivity index (χ0v) is 21.2. The first-order chi connectivity index (χ1) is 17.6. The maximum Gasteiger partial charge on any atom is 0.225 e. The number of nitrogens with zero attached hydrogens (tertiary/aromatic N) is 2. The minimum absolute atomic E-state index is 0.0707. The molecule has 6 nitrogen and oxygen atoms in total. The van der Waals surface area contributed by atoms with Crippen LogP contribution in [0, 0.1) is 0 Å². The molecule has 0 atom stereocenters. The van der Waals surface area contributed by atoms with Crippen LogP contribution in [0.3, 0.4) is 0 Å². The van der Waals surface area contributed by atoms with E-state index in [0.717, 1.165) is 72.2 Å². The van der Waals surface area contributed by atoms with Gasteiger partial charge in [0.25, 0.3) is 0 Å². The quantitative estimate of drug-likeness (QED) is 0.406. The van der Waals surface area contributed by atoms with Gasteiger partial charge in [-0.15, -0.1) is 0 Å². The van der Waals surface area contributed by atoms with E-state index in [9.17, 15) is 9.59 Å². The number of hydrogen-bond acceptors (Lipinski definition) is 4. The average molecular weight is 487 g/mol. The Morgan fingerprint density at radius 1 is 0.556 bits per heavy atom. The number of hydrogen-bond donors (Lipinski definition) is 2. The highest BCUT2D eigenvalue weighted by atomic mass is 16.2. The van der Waals surface area contributed by atoms with Gasteiger partial charge in [-0.05, 0) is 110 Å². The van der Waals surface area contributed by atoms with Crippen LogP contribution in [0.2, 0.25) is 0 Å². The molecule has 0 aromatic heterocycles. The van der Waals surface area contributed by atoms with Gasteiger partial charge in [0.05, 0.1) is 0 Å². The molecule has 3 aromatic carbocycles. The molecular formula is C30H38N4O2. The molecule has 0 unspecified atom stereocenters. The molecule has 0 saturated carbocycles. The summed E-state index contributed by atoms with van der Waals surface area (Å²) in [5.41, 5.74) is 1.67. The van der Waals surface area contributed by atoms with Crippen LogP contribution < -0.4 is 10.6 Å². The number of rotatable bonds is 8. The van der Waals surface area contributed by atoms with Gasteiger partial charge in [-0.25, -0.2) is 0 Å². The van der Waals surface area contributed by atoms with Crippen LogP contribution in [-0.2, 0) is 9.59 Å². The first kappa shape index (κ1) is 24.7. The van der Waals surface area contributed by atoms with Crippen molar-refractivity contribution in [1.29, 1.82) is 0 Å². The smallest absolute Gasteiger partial charge is 0.225 e. The van der Waals surface area contributed by atoms with Crippen LogP contribution in [0.25, 0.3) is 21.5 Å². The molecule has 2 aliphatic rings. The van der Waals surface area contributed by atoms with E-state index in [-0.39, 0.29) is 11.8 Å². The fourth-order valence-electron chi connectivity index (χ4n) is 5.49. The molecule has 0 spiro atoms. The molecular weight excluding hydrogens is 448 g/mol. The van der Waals surface area contributed by atoms with E-state index in [2.05, 4.69) is 44.7 Å². The van der Waals surface area contributed by atoms with Crippen molar-refractivity contribution in [3.05, 3.63) is 48.5 Å². The lowest BCUT2D eigenvalue weighted by Crippen LogP contribution is -2.32. The van der Waals surface area contributed by atoms with Crippen molar-refractivity contribution in [1.82, 2.24) is 9.80 Å². The molecule has 0 aliphatic carbocycles. The Hall–Kier alpha value is -2.96. The molecule has 6 heteroatoms. The zero-order chi connectivity index (χ0) is 24.7. The summed E-state index contributed by atoms with van der Waals surface area (Å²) < 4.78 is 0. The summed E-state index contributed by atoms with van der Waals surface area (Å²) in [6.07, 6.45) is 8.65. The largest absolute Gasteiger partial charge is 0.326 e. The minimum atomic E-state index is 0.0707. The maximum atomic E-state index is 12.5. The van der Waals surface area contributed by atoms with Crippen molar-refractivity contribution in [3.8, 4) is 0 Å². The van der Waals surface area contributed by atoms with Gasteiger partial charge >= 0.3 is 0 Å². The third kappa shape index (κ3) is 6.62. The predicted molar refractivity (Wildman–Crippen MR) is 149 cm³/mol. The second-order valence-corrected chi connectivity index (χ2v) is 10.4. The predicted octanol–water partition coefficient (Wildman–Crippen LogP) is 5.62. The molecule has 2 N–H and O–H groups in total. The van der Waals surface area contributed by atoms with Crippen LogP contribution in [0.15, 0.2) is 48.5 Å². The molecule has 2 aliphatic heterocycles. The third-order valence-electron chi connectivity index (χ3n) is 7.57. The fraction of sp³-hybridized carbons (Fsp3) is 0.467. The van der Waals surface area contributed by atoms with Crippen LogP contribution in [0.1, 0.15) is 51.4 Å². The number of fused-ring (bicyclic) bond motifs is 2. The van der Waals surface area contributed by atoms with Crippen molar-refractivity contribution in [2.45, 2.75) is 51.4 Å². The average Bonchev–Trinajstić information content (AvgIpc) is 2.91. The Labute approximate surface area is 214 Å². The summed E-state index contributed by atoms with van der Waals surface area (Å²) in [5, 5.41) is 10.6. The Balaban J connectivity index is 1.19. The van der Waals surface area contributed by atoms with Gasteiger partial charge in [-0.2, -0.15) is 0 Å². The molecule has 36 heavy (non-hydrogen) atoms. The fourth-order valence-corrected chi connectivity index (χ4v) is 5.49. The SMILES string of the molecule is O=C(CCN1CCCCC1)Nc1ccc2cc3cc(NC(=O)CCN4CCCCC4)ccc3cc2c1. The topological polar surface area (TPSA) is 64.7 Å². The van der Waals surface area contributed by atoms with Gasteiger partial charge < -0.3 is 20.4 Å². The molecule has 0 bridgehead atoms. The number of amides is 2. The van der Waals surface area contributed by atoms with Crippen LogP contribution in [0.5, 0.6) is 0 Å². The van der Waals surface area contributed by atoms with Gasteiger partial charge in [0.15, 0.2) is 0 Å². The molecule has 0 radical (unpaired) electrons. The number of nitrogens with one attached hydrogen (secondary N) is 2. The van der Waals surface area contributed by atoms with Gasteiger partial charge in [0.2, 0.25) is 11.8 Å². The summed E-state index contributed by atoms with van der Waals surface area (Å²) in [7, 11) is 0. The molecule has 2 fully saturated rings. The first-order valence-corrected chi connectivity index (χ1v) is 13.6. The summed E-state index contributed by atoms with van der Waals surface area (Å²) in [4.78, 5) is 29.8. The number of piperidine rings is 2. The molecule has 2 saturated heterocycles. The van der Waals surface area contributed by atoms with Crippen molar-refractivity contribution in [2.75, 3.05) is 49.9 Å². The van der Waals surface area contributed by atoms with E-state index in [0.29, 0.717) is 12.8 Å². The molecule has 3 aromatic rings. The zero-order valence-electron chi connectivity index (χ0n) is 21.2. The summed E-state index contributed by atoms with van der Waals surface area (Å²) >= 11 is 0. The van der Waals surface area contributed by atoms with Gasteiger partial charge in [-0.1, -0.05) is 25.0 Å². The van der Waals surface area contributed by atoms with Gasteiger partial charge in [0.1, 0.15) is 0 Å². The molecule has 5 rings (SSSR count). The first-order valence-electron chi connectivity index (χ1n) is 13.6. The highest BCUT2D eigenvalue weighted by Gasteiger charge is 2.13. The normalized spacial score (nSPS) is 17.3. The van der Waals surface area contributed by atoms with E-state index >= 15 is 0 Å². The highest BCUT2D eigenvalue weighted by molar-refractivity contribution is 6.02. The van der Waals surface area contributed by atoms with E-state index < -0.39 is 0 Å². The van der Waals surface area contributed by atoms with Crippen molar-refractivity contribution in [2.24, 2.45) is 0 Å². The summed E-state index contributed by atoms with van der Waals surface area (Å²) in [6.45, 7) is 6.11. The van der Waals surface area contributed by atoms with E-state index in [1.54, 1.807) is 0 Å². The Kier molecular flexibility index (Phi) is 8.14. The van der Waals surface area contributed by atoms with Crippen molar-refractivity contribution < 1.29 is 9.59 Å². The van der Waals surface area contributed by atoms with Crippen molar-refractivity contribution in [3.63, 3.8) is 0 Å². The van der Waals surface area contributed by atoms with E-state index in [4.69, 9.17) is 0 Å². The lowest BCUT2D eigenvalue weighted by molar-refractivity contribution is -0.117. The number of carbonyl (C=O) groups is 2. The molecule has 2 heterocycles. The molecule has 2 amide bonds. The van der Waals surface area contributed by atoms with Gasteiger partial charge in [0, 0.05) is 37.3 Å². The summed E-state index contributed by atoms with van der Waals surface area (Å²) in [6, 6.07) is 16.4. The number of likely N-dealkylation sites (tertiary alicyclic amines) is 2. The Bertz CT molecular complexity index is 1120. The second-order valence-electron chi connectivity index (χ2n) is 10.4. The maximum absolute atomic E-state index is 12.5. The highest BCUT2D eigenvalue weighted by Crippen LogP contribution is 2.27. The van der Waals surface area contributed by atoms with Crippen molar-refractivity contribution >= 4 is 44.7 Å². The Morgan fingerprint density at radius 2 is 0.972 bits per heavy atom. The van der Waals surface area contributed by atoms with Crippen LogP contribution >= 0.6 is 0 Å². The second kappa shape index (κ2) is 11.8. The van der Waals surface area contributed by atoms with Crippen LogP contribution in [0.4, 0.5) is 11.4 Å². The minimum Gasteiger partial charge on any atom is -0.326 e. The Morgan fingerprint density at radius 3 is 1.39 bits per heavy atom. The van der Waals surface area contributed by atoms with E-state index in [1.807, 2.05) is 24.3 Å². The number of anilines is 2. The molecule has 190 valence electrons.